The van der Waals surface area contributed by atoms with Crippen LogP contribution in [0.5, 0.6) is 0 Å². The Morgan fingerprint density at radius 2 is 2.36 bits per heavy atom. The Kier molecular flexibility index (Phi) is 1.80. The minimum atomic E-state index is 0.579. The molecule has 0 unspecified atom stereocenters. The van der Waals surface area contributed by atoms with Crippen molar-refractivity contribution in [3.63, 3.8) is 0 Å². The van der Waals surface area contributed by atoms with Crippen molar-refractivity contribution in [3.8, 4) is 0 Å². The topological polar surface area (TPSA) is 12.9 Å². The number of aryl methyl sites for hydroxylation is 1. The SMILES string of the molecule is Cc1ccc2c(n1)[Se]CC=C2. The predicted molar refractivity (Wildman–Crippen MR) is 48.2 cm³/mol. The van der Waals surface area contributed by atoms with Gasteiger partial charge in [-0.05, 0) is 0 Å². The van der Waals surface area contributed by atoms with E-state index in [0.29, 0.717) is 15.0 Å². The third kappa shape index (κ3) is 1.37. The quantitative estimate of drug-likeness (QED) is 0.585. The van der Waals surface area contributed by atoms with Crippen molar-refractivity contribution in [1.82, 2.24) is 4.98 Å². The van der Waals surface area contributed by atoms with E-state index >= 15 is 0 Å². The van der Waals surface area contributed by atoms with Crippen LogP contribution in [0.4, 0.5) is 0 Å². The van der Waals surface area contributed by atoms with Crippen molar-refractivity contribution in [2.75, 3.05) is 0 Å². The van der Waals surface area contributed by atoms with Gasteiger partial charge in [0.15, 0.2) is 0 Å². The molecule has 1 aliphatic heterocycles. The number of fused-ring (bicyclic) bond motifs is 1. The summed E-state index contributed by atoms with van der Waals surface area (Å²) < 4.78 is 1.32. The molecular formula is C9H9NSe. The first-order chi connectivity index (χ1) is 5.36. The van der Waals surface area contributed by atoms with E-state index in [2.05, 4.69) is 36.2 Å². The van der Waals surface area contributed by atoms with E-state index in [1.807, 2.05) is 0 Å². The summed E-state index contributed by atoms with van der Waals surface area (Å²) in [6, 6.07) is 4.24. The first-order valence-corrected chi connectivity index (χ1v) is 5.70. The molecule has 0 spiro atoms. The molecule has 0 aromatic carbocycles. The standard InChI is InChI=1S/C9H9NSe/c1-7-4-5-8-3-2-6-11-9(8)10-7/h2-5H,6H2,1H3. The zero-order valence-electron chi connectivity index (χ0n) is 6.37. The second-order valence-electron chi connectivity index (χ2n) is 2.56. The van der Waals surface area contributed by atoms with Crippen molar-refractivity contribution in [3.05, 3.63) is 29.5 Å². The molecule has 0 aliphatic carbocycles. The molecule has 1 aliphatic rings. The molecule has 1 aromatic rings. The maximum atomic E-state index is 4.49. The Bertz CT molecular complexity index is 304. The maximum absolute atomic E-state index is 4.49. The van der Waals surface area contributed by atoms with Crippen LogP contribution >= 0.6 is 0 Å². The Morgan fingerprint density at radius 1 is 1.45 bits per heavy atom. The molecule has 0 fully saturated rings. The zero-order chi connectivity index (χ0) is 7.68. The van der Waals surface area contributed by atoms with Gasteiger partial charge in [0.05, 0.1) is 0 Å². The Balaban J connectivity index is 2.53. The van der Waals surface area contributed by atoms with Crippen LogP contribution in [0.1, 0.15) is 11.3 Å². The molecule has 0 saturated heterocycles. The van der Waals surface area contributed by atoms with Gasteiger partial charge >= 0.3 is 72.3 Å². The zero-order valence-corrected chi connectivity index (χ0v) is 8.09. The molecule has 56 valence electrons. The predicted octanol–water partition coefficient (Wildman–Crippen LogP) is 1.16. The fourth-order valence-electron chi connectivity index (χ4n) is 1.09. The van der Waals surface area contributed by atoms with Crippen LogP contribution in [0.3, 0.4) is 0 Å². The van der Waals surface area contributed by atoms with Crippen LogP contribution in [0.25, 0.3) is 6.08 Å². The summed E-state index contributed by atoms with van der Waals surface area (Å²) in [5.41, 5.74) is 2.46. The van der Waals surface area contributed by atoms with Gasteiger partial charge < -0.3 is 0 Å². The molecule has 0 radical (unpaired) electrons. The molecule has 2 heteroatoms. The van der Waals surface area contributed by atoms with Crippen molar-refractivity contribution < 1.29 is 0 Å². The Labute approximate surface area is 72.7 Å². The van der Waals surface area contributed by atoms with E-state index in [1.54, 1.807) is 0 Å². The van der Waals surface area contributed by atoms with Gasteiger partial charge in [-0.1, -0.05) is 0 Å². The summed E-state index contributed by atoms with van der Waals surface area (Å²) in [5, 5.41) is 1.20. The van der Waals surface area contributed by atoms with Crippen LogP contribution in [0.2, 0.25) is 5.32 Å². The second kappa shape index (κ2) is 2.80. The third-order valence-electron chi connectivity index (χ3n) is 1.64. The van der Waals surface area contributed by atoms with Crippen molar-refractivity contribution in [1.29, 1.82) is 0 Å². The van der Waals surface area contributed by atoms with E-state index in [9.17, 15) is 0 Å². The molecule has 0 atom stereocenters. The second-order valence-corrected chi connectivity index (χ2v) is 4.68. The van der Waals surface area contributed by atoms with E-state index in [1.165, 1.54) is 15.5 Å². The van der Waals surface area contributed by atoms with Crippen molar-refractivity contribution in [2.45, 2.75) is 12.2 Å². The van der Waals surface area contributed by atoms with Gasteiger partial charge in [-0.2, -0.15) is 0 Å². The van der Waals surface area contributed by atoms with Crippen LogP contribution < -0.4 is 4.59 Å². The molecule has 11 heavy (non-hydrogen) atoms. The Hall–Kier alpha value is -0.591. The first kappa shape index (κ1) is 7.08. The summed E-state index contributed by atoms with van der Waals surface area (Å²) in [6.45, 7) is 2.05. The molecular weight excluding hydrogens is 201 g/mol. The van der Waals surface area contributed by atoms with Gasteiger partial charge in [0.2, 0.25) is 0 Å². The van der Waals surface area contributed by atoms with Crippen molar-refractivity contribution in [2.24, 2.45) is 0 Å². The molecule has 0 amide bonds. The normalized spacial score (nSPS) is 14.6. The molecule has 0 bridgehead atoms. The number of allylic oxidation sites excluding steroid dienone is 1. The number of hydrogen-bond acceptors (Lipinski definition) is 1. The molecule has 0 N–H and O–H groups in total. The number of aromatic nitrogens is 1. The van der Waals surface area contributed by atoms with Crippen molar-refractivity contribution >= 4 is 25.6 Å². The number of pyridine rings is 1. The average molecular weight is 210 g/mol. The molecule has 0 saturated carbocycles. The van der Waals surface area contributed by atoms with Gasteiger partial charge in [-0.25, -0.2) is 0 Å². The van der Waals surface area contributed by atoms with E-state index in [-0.39, 0.29) is 0 Å². The third-order valence-corrected chi connectivity index (χ3v) is 3.66. The fraction of sp³-hybridized carbons (Fsp3) is 0.222. The first-order valence-electron chi connectivity index (χ1n) is 3.63. The van der Waals surface area contributed by atoms with Crippen LogP contribution in [0.15, 0.2) is 18.2 Å². The molecule has 2 rings (SSSR count). The summed E-state index contributed by atoms with van der Waals surface area (Å²) in [6.07, 6.45) is 4.41. The van der Waals surface area contributed by atoms with Gasteiger partial charge in [-0.3, -0.25) is 0 Å². The van der Waals surface area contributed by atoms with Gasteiger partial charge in [0.1, 0.15) is 0 Å². The minimum absolute atomic E-state index is 0.579. The van der Waals surface area contributed by atoms with Gasteiger partial charge in [-0.15, -0.1) is 0 Å². The summed E-state index contributed by atoms with van der Waals surface area (Å²) >= 11 is 0.579. The van der Waals surface area contributed by atoms with Crippen LogP contribution in [0, 0.1) is 6.92 Å². The average Bonchev–Trinajstić information content (AvgIpc) is 2.04. The fourth-order valence-corrected chi connectivity index (χ4v) is 2.90. The molecule has 2 heterocycles. The van der Waals surface area contributed by atoms with Crippen LogP contribution in [-0.4, -0.2) is 19.9 Å². The number of hydrogen-bond donors (Lipinski definition) is 0. The monoisotopic (exact) mass is 211 g/mol. The number of nitrogens with zero attached hydrogens (tertiary/aromatic N) is 1. The van der Waals surface area contributed by atoms with E-state index < -0.39 is 0 Å². The van der Waals surface area contributed by atoms with Gasteiger partial charge in [0, 0.05) is 0 Å². The van der Waals surface area contributed by atoms with Gasteiger partial charge in [0.25, 0.3) is 0 Å². The van der Waals surface area contributed by atoms with Crippen LogP contribution in [-0.2, 0) is 0 Å². The number of rotatable bonds is 0. The molecule has 1 nitrogen and oxygen atoms in total. The summed E-state index contributed by atoms with van der Waals surface area (Å²) in [5.74, 6) is 0. The summed E-state index contributed by atoms with van der Waals surface area (Å²) in [4.78, 5) is 4.49. The van der Waals surface area contributed by atoms with E-state index in [0.717, 1.165) is 5.69 Å². The Morgan fingerprint density at radius 3 is 3.27 bits per heavy atom. The molecule has 1 aromatic heterocycles. The van der Waals surface area contributed by atoms with E-state index in [4.69, 9.17) is 0 Å². The summed E-state index contributed by atoms with van der Waals surface area (Å²) in [7, 11) is 0.